The van der Waals surface area contributed by atoms with Gasteiger partial charge in [-0.05, 0) is 24.1 Å². The minimum absolute atomic E-state index is 0.0286. The number of rotatable bonds is 4. The fraction of sp³-hybridized carbons (Fsp3) is 0.278. The van der Waals surface area contributed by atoms with Crippen molar-refractivity contribution in [1.82, 2.24) is 19.7 Å². The van der Waals surface area contributed by atoms with Crippen LogP contribution in [0.2, 0.25) is 0 Å². The Morgan fingerprint density at radius 3 is 2.72 bits per heavy atom. The van der Waals surface area contributed by atoms with Crippen LogP contribution in [0.15, 0.2) is 42.7 Å². The lowest BCUT2D eigenvalue weighted by Crippen LogP contribution is -2.43. The highest BCUT2D eigenvalue weighted by atomic mass is 19.3. The maximum absolute atomic E-state index is 12.9. The summed E-state index contributed by atoms with van der Waals surface area (Å²) in [6.45, 7) is 1.75. The first-order valence-electron chi connectivity index (χ1n) is 8.09. The Hall–Kier alpha value is -2.83. The zero-order valence-electron chi connectivity index (χ0n) is 13.4. The van der Waals surface area contributed by atoms with Gasteiger partial charge in [-0.2, -0.15) is 5.10 Å². The fourth-order valence-corrected chi connectivity index (χ4v) is 2.89. The van der Waals surface area contributed by atoms with Gasteiger partial charge < -0.3 is 4.90 Å². The zero-order chi connectivity index (χ0) is 17.4. The van der Waals surface area contributed by atoms with Gasteiger partial charge in [0.05, 0.1) is 11.7 Å². The van der Waals surface area contributed by atoms with Crippen molar-refractivity contribution in [1.29, 1.82) is 0 Å². The van der Waals surface area contributed by atoms with Gasteiger partial charge in [0.1, 0.15) is 12.1 Å². The predicted octanol–water partition coefficient (Wildman–Crippen LogP) is 3.27. The smallest absolute Gasteiger partial charge is 0.263 e. The van der Waals surface area contributed by atoms with Crippen molar-refractivity contribution in [3.8, 4) is 11.1 Å². The molecule has 1 amide bonds. The van der Waals surface area contributed by atoms with E-state index in [1.165, 1.54) is 12.1 Å². The molecule has 0 aliphatic carbocycles. The standard InChI is InChI=1S/C18H16F2N4O/c19-18(20)13-4-1-3-12(7-13)14-8-16-15(21-9-14)10-22-24(16)11-17(25)23-5-2-6-23/h1,3-4,7-10,18H,2,5-6,11H2. The number of likely N-dealkylation sites (tertiary alicyclic amines) is 1. The molecule has 0 N–H and O–H groups in total. The summed E-state index contributed by atoms with van der Waals surface area (Å²) in [6, 6.07) is 8.06. The van der Waals surface area contributed by atoms with Crippen LogP contribution in [0.5, 0.6) is 0 Å². The third kappa shape index (κ3) is 2.97. The Kier molecular flexibility index (Phi) is 3.91. The molecular formula is C18H16F2N4O. The van der Waals surface area contributed by atoms with Crippen LogP contribution < -0.4 is 0 Å². The van der Waals surface area contributed by atoms with Gasteiger partial charge in [-0.1, -0.05) is 18.2 Å². The van der Waals surface area contributed by atoms with Gasteiger partial charge in [0.2, 0.25) is 5.91 Å². The van der Waals surface area contributed by atoms with Gasteiger partial charge in [-0.3, -0.25) is 14.5 Å². The molecule has 0 atom stereocenters. The van der Waals surface area contributed by atoms with Gasteiger partial charge in [-0.15, -0.1) is 0 Å². The Balaban J connectivity index is 1.68. The van der Waals surface area contributed by atoms with Gasteiger partial charge in [0.15, 0.2) is 0 Å². The van der Waals surface area contributed by atoms with Crippen LogP contribution in [0, 0.1) is 0 Å². The van der Waals surface area contributed by atoms with E-state index in [0.29, 0.717) is 22.2 Å². The maximum atomic E-state index is 12.9. The maximum Gasteiger partial charge on any atom is 0.263 e. The van der Waals surface area contributed by atoms with Gasteiger partial charge in [-0.25, -0.2) is 8.78 Å². The minimum Gasteiger partial charge on any atom is -0.341 e. The fourth-order valence-electron chi connectivity index (χ4n) is 2.89. The monoisotopic (exact) mass is 342 g/mol. The van der Waals surface area contributed by atoms with Gasteiger partial charge >= 0.3 is 0 Å². The van der Waals surface area contributed by atoms with E-state index in [2.05, 4.69) is 10.1 Å². The van der Waals surface area contributed by atoms with Crippen LogP contribution in [0.3, 0.4) is 0 Å². The van der Waals surface area contributed by atoms with E-state index in [4.69, 9.17) is 0 Å². The molecule has 1 fully saturated rings. The number of hydrogen-bond acceptors (Lipinski definition) is 3. The second-order valence-corrected chi connectivity index (χ2v) is 6.09. The van der Waals surface area contributed by atoms with Crippen LogP contribution in [-0.4, -0.2) is 38.7 Å². The number of carbonyl (C=O) groups is 1. The number of carbonyl (C=O) groups excluding carboxylic acids is 1. The number of aromatic nitrogens is 3. The molecule has 0 radical (unpaired) electrons. The molecule has 1 aliphatic rings. The van der Waals surface area contributed by atoms with Crippen molar-refractivity contribution in [2.45, 2.75) is 19.4 Å². The molecule has 0 unspecified atom stereocenters. The SMILES string of the molecule is O=C(Cn1ncc2ncc(-c3cccc(C(F)F)c3)cc21)N1CCC1. The van der Waals surface area contributed by atoms with Crippen molar-refractivity contribution >= 4 is 16.9 Å². The molecule has 25 heavy (non-hydrogen) atoms. The molecule has 7 heteroatoms. The molecule has 3 heterocycles. The van der Waals surface area contributed by atoms with E-state index in [1.54, 1.807) is 34.1 Å². The van der Waals surface area contributed by atoms with Crippen LogP contribution in [0.1, 0.15) is 18.4 Å². The van der Waals surface area contributed by atoms with E-state index >= 15 is 0 Å². The lowest BCUT2D eigenvalue weighted by molar-refractivity contribution is -0.135. The highest BCUT2D eigenvalue weighted by molar-refractivity contribution is 5.83. The van der Waals surface area contributed by atoms with Crippen molar-refractivity contribution in [2.24, 2.45) is 0 Å². The summed E-state index contributed by atoms with van der Waals surface area (Å²) in [5.41, 5.74) is 2.74. The molecule has 0 bridgehead atoms. The van der Waals surface area contributed by atoms with Crippen LogP contribution in [-0.2, 0) is 11.3 Å². The first-order valence-corrected chi connectivity index (χ1v) is 8.09. The van der Waals surface area contributed by atoms with Crippen LogP contribution in [0.25, 0.3) is 22.2 Å². The summed E-state index contributed by atoms with van der Waals surface area (Å²) >= 11 is 0. The number of alkyl halides is 2. The van der Waals surface area contributed by atoms with Crippen molar-refractivity contribution in [3.63, 3.8) is 0 Å². The van der Waals surface area contributed by atoms with Crippen LogP contribution in [0.4, 0.5) is 8.78 Å². The molecule has 1 aromatic carbocycles. The van der Waals surface area contributed by atoms with E-state index in [9.17, 15) is 13.6 Å². The van der Waals surface area contributed by atoms with E-state index < -0.39 is 6.43 Å². The van der Waals surface area contributed by atoms with E-state index in [-0.39, 0.29) is 18.0 Å². The number of fused-ring (bicyclic) bond motifs is 1. The van der Waals surface area contributed by atoms with Gasteiger partial charge in [0, 0.05) is 30.4 Å². The molecule has 5 nitrogen and oxygen atoms in total. The number of amides is 1. The molecule has 4 rings (SSSR count). The summed E-state index contributed by atoms with van der Waals surface area (Å²) in [7, 11) is 0. The van der Waals surface area contributed by atoms with Crippen molar-refractivity contribution in [2.75, 3.05) is 13.1 Å². The summed E-state index contributed by atoms with van der Waals surface area (Å²) in [6.07, 6.45) is 1.77. The highest BCUT2D eigenvalue weighted by Gasteiger charge is 2.21. The topological polar surface area (TPSA) is 51.0 Å². The van der Waals surface area contributed by atoms with Crippen LogP contribution >= 0.6 is 0 Å². The highest BCUT2D eigenvalue weighted by Crippen LogP contribution is 2.27. The third-order valence-electron chi connectivity index (χ3n) is 4.46. The van der Waals surface area contributed by atoms with E-state index in [0.717, 1.165) is 19.5 Å². The number of nitrogens with zero attached hydrogens (tertiary/aromatic N) is 4. The summed E-state index contributed by atoms with van der Waals surface area (Å²) < 4.78 is 27.4. The largest absolute Gasteiger partial charge is 0.341 e. The Bertz CT molecular complexity index is 934. The normalized spacial score (nSPS) is 14.1. The Morgan fingerprint density at radius 1 is 1.16 bits per heavy atom. The number of hydrogen-bond donors (Lipinski definition) is 0. The minimum atomic E-state index is -2.52. The molecule has 3 aromatic rings. The lowest BCUT2D eigenvalue weighted by Gasteiger charge is -2.30. The average molecular weight is 342 g/mol. The first-order chi connectivity index (χ1) is 12.1. The van der Waals surface area contributed by atoms with E-state index in [1.807, 2.05) is 6.07 Å². The van der Waals surface area contributed by atoms with Crippen molar-refractivity contribution in [3.05, 3.63) is 48.3 Å². The average Bonchev–Trinajstić information content (AvgIpc) is 2.95. The summed E-state index contributed by atoms with van der Waals surface area (Å²) in [5.74, 6) is 0.0290. The summed E-state index contributed by atoms with van der Waals surface area (Å²) in [5, 5.41) is 4.24. The number of halogens is 2. The molecule has 1 aliphatic heterocycles. The third-order valence-corrected chi connectivity index (χ3v) is 4.46. The molecule has 0 saturated carbocycles. The Labute approximate surface area is 142 Å². The second kappa shape index (κ2) is 6.23. The number of pyridine rings is 1. The van der Waals surface area contributed by atoms with Gasteiger partial charge in [0.25, 0.3) is 6.43 Å². The molecule has 2 aromatic heterocycles. The quantitative estimate of drug-likeness (QED) is 0.731. The first kappa shape index (κ1) is 15.7. The molecule has 128 valence electrons. The molecule has 1 saturated heterocycles. The number of benzene rings is 1. The second-order valence-electron chi connectivity index (χ2n) is 6.09. The Morgan fingerprint density at radius 2 is 2.00 bits per heavy atom. The molecular weight excluding hydrogens is 326 g/mol. The summed E-state index contributed by atoms with van der Waals surface area (Å²) in [4.78, 5) is 18.3. The molecule has 0 spiro atoms. The van der Waals surface area contributed by atoms with Crippen molar-refractivity contribution < 1.29 is 13.6 Å². The predicted molar refractivity (Wildman–Crippen MR) is 89.1 cm³/mol. The zero-order valence-corrected chi connectivity index (χ0v) is 13.4. The lowest BCUT2D eigenvalue weighted by atomic mass is 10.0.